The number of carbonyl (C=O) groups is 1. The highest BCUT2D eigenvalue weighted by molar-refractivity contribution is 5.86. The van der Waals surface area contributed by atoms with Crippen LogP contribution in [-0.2, 0) is 9.63 Å². The Morgan fingerprint density at radius 3 is 1.29 bits per heavy atom. The van der Waals surface area contributed by atoms with E-state index >= 15 is 0 Å². The van der Waals surface area contributed by atoms with Gasteiger partial charge in [0.05, 0.1) is 6.61 Å². The van der Waals surface area contributed by atoms with Gasteiger partial charge in [0, 0.05) is 0 Å². The summed E-state index contributed by atoms with van der Waals surface area (Å²) in [5.74, 6) is -0.151. The molecule has 0 fully saturated rings. The fourth-order valence-electron chi connectivity index (χ4n) is 6.61. The summed E-state index contributed by atoms with van der Waals surface area (Å²) < 4.78 is 0. The maximum absolute atomic E-state index is 12.4. The minimum atomic E-state index is -0.857. The number of hydrogen-bond donors (Lipinski definition) is 2. The number of nitrogens with one attached hydrogen (secondary N) is 1. The van der Waals surface area contributed by atoms with E-state index in [9.17, 15) is 9.90 Å². The number of carboxylic acid groups (broad SMARTS) is 1. The predicted octanol–water partition coefficient (Wildman–Crippen LogP) is 14.0. The van der Waals surface area contributed by atoms with Crippen molar-refractivity contribution in [2.24, 2.45) is 5.92 Å². The molecule has 0 atom stereocenters. The second kappa shape index (κ2) is 35.8. The molecule has 0 amide bonds. The molecule has 0 aliphatic carbocycles. The van der Waals surface area contributed by atoms with Gasteiger partial charge in [-0.1, -0.05) is 201 Å². The van der Waals surface area contributed by atoms with Crippen LogP contribution in [0, 0.1) is 5.92 Å². The van der Waals surface area contributed by atoms with Crippen molar-refractivity contribution >= 4 is 5.97 Å². The highest BCUT2D eigenvalue weighted by Gasteiger charge is 2.17. The Bertz CT molecular complexity index is 637. The van der Waals surface area contributed by atoms with E-state index in [1.807, 2.05) is 0 Å². The highest BCUT2D eigenvalue weighted by atomic mass is 16.6. The standard InChI is InChI=1S/C41H81NO3/c1-5-9-13-15-17-19-20-21-22-23-24-26-30-34-39(36-35-38(32-28-11-7-3)33-29-12-8-4)40(41(43)44)42-45-37-31-27-25-18-16-14-10-6-2/h38,42H,5-37H2,1-4H3,(H,43,44). The molecule has 0 aromatic rings. The van der Waals surface area contributed by atoms with E-state index in [0.717, 1.165) is 44.1 Å². The van der Waals surface area contributed by atoms with Crippen LogP contribution in [0.25, 0.3) is 0 Å². The summed E-state index contributed by atoms with van der Waals surface area (Å²) in [6.45, 7) is 9.68. The summed E-state index contributed by atoms with van der Waals surface area (Å²) in [5, 5.41) is 10.2. The van der Waals surface area contributed by atoms with Crippen LogP contribution < -0.4 is 5.48 Å². The Balaban J connectivity index is 4.84. The topological polar surface area (TPSA) is 58.6 Å². The molecule has 268 valence electrons. The Morgan fingerprint density at radius 1 is 0.489 bits per heavy atom. The lowest BCUT2D eigenvalue weighted by Gasteiger charge is -2.20. The minimum absolute atomic E-state index is 0.328. The largest absolute Gasteiger partial charge is 0.477 e. The summed E-state index contributed by atoms with van der Waals surface area (Å²) >= 11 is 0. The lowest BCUT2D eigenvalue weighted by Crippen LogP contribution is -2.24. The van der Waals surface area contributed by atoms with Crippen molar-refractivity contribution in [2.75, 3.05) is 6.61 Å². The zero-order valence-corrected chi connectivity index (χ0v) is 31.2. The molecule has 0 saturated carbocycles. The number of hydrogen-bond acceptors (Lipinski definition) is 3. The van der Waals surface area contributed by atoms with E-state index in [0.29, 0.717) is 18.2 Å². The lowest BCUT2D eigenvalue weighted by molar-refractivity contribution is -0.134. The third-order valence-electron chi connectivity index (χ3n) is 9.71. The van der Waals surface area contributed by atoms with Crippen molar-refractivity contribution in [3.05, 3.63) is 11.3 Å². The zero-order valence-electron chi connectivity index (χ0n) is 31.2. The molecule has 0 aliphatic rings. The Kier molecular flexibility index (Phi) is 35.0. The van der Waals surface area contributed by atoms with Gasteiger partial charge in [0.25, 0.3) is 0 Å². The van der Waals surface area contributed by atoms with Gasteiger partial charge >= 0.3 is 5.97 Å². The fraction of sp³-hybridized carbons (Fsp3) is 0.927. The van der Waals surface area contributed by atoms with Gasteiger partial charge in [-0.2, -0.15) is 0 Å². The van der Waals surface area contributed by atoms with E-state index in [2.05, 4.69) is 33.2 Å². The van der Waals surface area contributed by atoms with Gasteiger partial charge in [0.2, 0.25) is 0 Å². The zero-order chi connectivity index (χ0) is 33.1. The van der Waals surface area contributed by atoms with Gasteiger partial charge in [-0.25, -0.2) is 4.79 Å². The Morgan fingerprint density at radius 2 is 0.867 bits per heavy atom. The number of hydroxylamine groups is 1. The fourth-order valence-corrected chi connectivity index (χ4v) is 6.61. The summed E-state index contributed by atoms with van der Waals surface area (Å²) in [6.07, 6.45) is 40.5. The van der Waals surface area contributed by atoms with Gasteiger partial charge in [-0.05, 0) is 43.6 Å². The van der Waals surface area contributed by atoms with Crippen molar-refractivity contribution in [3.63, 3.8) is 0 Å². The monoisotopic (exact) mass is 636 g/mol. The minimum Gasteiger partial charge on any atom is -0.477 e. The number of unbranched alkanes of at least 4 members (excludes halogenated alkanes) is 23. The van der Waals surface area contributed by atoms with Crippen molar-refractivity contribution in [2.45, 2.75) is 233 Å². The molecular formula is C41H81NO3. The molecule has 0 bridgehead atoms. The maximum atomic E-state index is 12.4. The Labute approximate surface area is 282 Å². The molecule has 0 spiro atoms. The summed E-state index contributed by atoms with van der Waals surface area (Å²) in [5.41, 5.74) is 4.35. The number of aliphatic carboxylic acids is 1. The third-order valence-corrected chi connectivity index (χ3v) is 9.71. The molecule has 0 unspecified atom stereocenters. The van der Waals surface area contributed by atoms with E-state index in [4.69, 9.17) is 4.84 Å². The SMILES string of the molecule is CCCCCCCCCCCCCCCC(CCC(CCCCC)CCCCC)=C(NOCCCCCCCCCC)C(=O)O. The Hall–Kier alpha value is -1.03. The first-order valence-corrected chi connectivity index (χ1v) is 20.4. The first kappa shape index (κ1) is 44.0. The molecular weight excluding hydrogens is 554 g/mol. The van der Waals surface area contributed by atoms with Gasteiger partial charge in [0.15, 0.2) is 0 Å². The summed E-state index contributed by atoms with van der Waals surface area (Å²) in [6, 6.07) is 0. The molecule has 4 heteroatoms. The number of rotatable bonds is 37. The van der Waals surface area contributed by atoms with Crippen molar-refractivity contribution in [1.29, 1.82) is 0 Å². The number of allylic oxidation sites excluding steroid dienone is 1. The van der Waals surface area contributed by atoms with Crippen LogP contribution in [0.15, 0.2) is 11.3 Å². The van der Waals surface area contributed by atoms with E-state index in [1.165, 1.54) is 167 Å². The van der Waals surface area contributed by atoms with Crippen molar-refractivity contribution in [1.82, 2.24) is 5.48 Å². The first-order chi connectivity index (χ1) is 22.1. The van der Waals surface area contributed by atoms with Gasteiger partial charge in [0.1, 0.15) is 5.70 Å². The predicted molar refractivity (Wildman–Crippen MR) is 198 cm³/mol. The van der Waals surface area contributed by atoms with Crippen LogP contribution >= 0.6 is 0 Å². The molecule has 0 radical (unpaired) electrons. The van der Waals surface area contributed by atoms with E-state index in [-0.39, 0.29) is 0 Å². The van der Waals surface area contributed by atoms with Crippen LogP contribution in [0.2, 0.25) is 0 Å². The molecule has 0 heterocycles. The van der Waals surface area contributed by atoms with Gasteiger partial charge in [-0.3, -0.25) is 10.3 Å². The third kappa shape index (κ3) is 30.1. The van der Waals surface area contributed by atoms with Gasteiger partial charge < -0.3 is 5.11 Å². The van der Waals surface area contributed by atoms with Crippen LogP contribution in [0.4, 0.5) is 0 Å². The van der Waals surface area contributed by atoms with E-state index < -0.39 is 5.97 Å². The highest BCUT2D eigenvalue weighted by Crippen LogP contribution is 2.27. The molecule has 0 rings (SSSR count). The molecule has 0 aliphatic heterocycles. The van der Waals surface area contributed by atoms with E-state index in [1.54, 1.807) is 0 Å². The molecule has 0 aromatic heterocycles. The quantitative estimate of drug-likeness (QED) is 0.0405. The molecule has 45 heavy (non-hydrogen) atoms. The van der Waals surface area contributed by atoms with Crippen LogP contribution in [0.3, 0.4) is 0 Å². The normalized spacial score (nSPS) is 12.2. The number of carboxylic acids is 1. The average Bonchev–Trinajstić information content (AvgIpc) is 3.03. The smallest absolute Gasteiger partial charge is 0.354 e. The summed E-state index contributed by atoms with van der Waals surface area (Å²) in [7, 11) is 0. The summed E-state index contributed by atoms with van der Waals surface area (Å²) in [4.78, 5) is 18.2. The van der Waals surface area contributed by atoms with Gasteiger partial charge in [-0.15, -0.1) is 0 Å². The molecule has 0 aromatic carbocycles. The van der Waals surface area contributed by atoms with Crippen LogP contribution in [0.5, 0.6) is 0 Å². The van der Waals surface area contributed by atoms with Crippen molar-refractivity contribution < 1.29 is 14.7 Å². The molecule has 0 saturated heterocycles. The van der Waals surface area contributed by atoms with Crippen LogP contribution in [0.1, 0.15) is 233 Å². The maximum Gasteiger partial charge on any atom is 0.354 e. The molecule has 4 nitrogen and oxygen atoms in total. The lowest BCUT2D eigenvalue weighted by atomic mass is 9.88. The van der Waals surface area contributed by atoms with Crippen molar-refractivity contribution in [3.8, 4) is 0 Å². The first-order valence-electron chi connectivity index (χ1n) is 20.4. The molecule has 2 N–H and O–H groups in total. The van der Waals surface area contributed by atoms with Crippen LogP contribution in [-0.4, -0.2) is 17.7 Å². The average molecular weight is 636 g/mol. The second-order valence-electron chi connectivity index (χ2n) is 14.1. The second-order valence-corrected chi connectivity index (χ2v) is 14.1.